The molecule has 2 aliphatic carbocycles. The largest absolute Gasteiger partial charge is 0.490 e. The number of aryl methyl sites for hydroxylation is 2. The summed E-state index contributed by atoms with van der Waals surface area (Å²) in [5, 5.41) is 19.1. The van der Waals surface area contributed by atoms with E-state index < -0.39 is 45.7 Å². The van der Waals surface area contributed by atoms with E-state index in [-0.39, 0.29) is 40.0 Å². The second-order valence-corrected chi connectivity index (χ2v) is 17.7. The highest BCUT2D eigenvalue weighted by atomic mass is 35.5. The van der Waals surface area contributed by atoms with Crippen LogP contribution in [0.15, 0.2) is 59.1 Å². The molecule has 1 spiro atoms. The molecule has 13 nitrogen and oxygen atoms in total. The normalized spacial score (nSPS) is 30.0. The lowest BCUT2D eigenvalue weighted by Crippen LogP contribution is -2.49. The number of aliphatic hydroxyl groups excluding tert-OH is 1. The number of halogens is 1. The van der Waals surface area contributed by atoms with Crippen molar-refractivity contribution < 1.29 is 33.2 Å². The Morgan fingerprint density at radius 3 is 2.72 bits per heavy atom. The summed E-state index contributed by atoms with van der Waals surface area (Å²) >= 11 is 6.44. The molecular formula is C39H47ClN6O7S. The molecule has 1 aromatic heterocycles. The Bertz CT molecular complexity index is 2130. The summed E-state index contributed by atoms with van der Waals surface area (Å²) in [5.41, 5.74) is 3.03. The highest BCUT2D eigenvalue weighted by molar-refractivity contribution is 7.92. The van der Waals surface area contributed by atoms with E-state index in [4.69, 9.17) is 21.1 Å². The number of fused-ring (bicyclic) bond motifs is 4. The lowest BCUT2D eigenvalue weighted by atomic mass is 9.69. The van der Waals surface area contributed by atoms with Crippen molar-refractivity contribution in [3.8, 4) is 11.6 Å². The van der Waals surface area contributed by atoms with Gasteiger partial charge in [0.15, 0.2) is 0 Å². The topological polar surface area (TPSA) is 164 Å². The summed E-state index contributed by atoms with van der Waals surface area (Å²) in [4.78, 5) is 42.5. The number of carbonyl (C=O) groups excluding carboxylic acids is 3. The van der Waals surface area contributed by atoms with Crippen LogP contribution in [0, 0.1) is 17.8 Å². The van der Waals surface area contributed by atoms with Crippen LogP contribution in [0.2, 0.25) is 5.02 Å². The van der Waals surface area contributed by atoms with Crippen LogP contribution in [-0.2, 0) is 33.6 Å². The van der Waals surface area contributed by atoms with Gasteiger partial charge < -0.3 is 24.8 Å². The maximum Gasteiger partial charge on any atom is 0.286 e. The third kappa shape index (κ3) is 7.60. The number of hydrogen-bond donors (Lipinski definition) is 3. The fourth-order valence-electron chi connectivity index (χ4n) is 8.50. The predicted octanol–water partition coefficient (Wildman–Crippen LogP) is 4.61. The summed E-state index contributed by atoms with van der Waals surface area (Å²) in [6.45, 7) is 4.79. The molecule has 3 aromatic rings. The SMILES string of the molecule is COc1nn(C)cc1C(=O)N[S@@]1(=O)=NC(=O)c2ccc3c(c2)N(C[C@@H]2CC[C@H]2/C=C/[C@@H](O)[C@H](NC(C)=O)[C@H](C)C1)C[C@@]1(CCCc2cc(Cl)ccc21)CO3. The molecule has 7 atom stereocenters. The van der Waals surface area contributed by atoms with Crippen molar-refractivity contribution in [1.29, 1.82) is 0 Å². The first-order chi connectivity index (χ1) is 25.8. The number of anilines is 1. The summed E-state index contributed by atoms with van der Waals surface area (Å²) in [5.74, 6) is -2.00. The van der Waals surface area contributed by atoms with Gasteiger partial charge in [0.05, 0.1) is 37.3 Å². The van der Waals surface area contributed by atoms with Gasteiger partial charge in [0.1, 0.15) is 21.2 Å². The number of nitrogens with zero attached hydrogens (tertiary/aromatic N) is 4. The van der Waals surface area contributed by atoms with Crippen LogP contribution in [0.1, 0.15) is 71.4 Å². The number of nitrogens with one attached hydrogen (secondary N) is 2. The number of amides is 3. The molecular weight excluding hydrogens is 732 g/mol. The highest BCUT2D eigenvalue weighted by Gasteiger charge is 2.43. The van der Waals surface area contributed by atoms with Gasteiger partial charge in [0.2, 0.25) is 11.8 Å². The summed E-state index contributed by atoms with van der Waals surface area (Å²) in [7, 11) is -0.924. The second-order valence-electron chi connectivity index (χ2n) is 15.2. The quantitative estimate of drug-likeness (QED) is 0.321. The van der Waals surface area contributed by atoms with E-state index in [1.54, 1.807) is 38.2 Å². The van der Waals surface area contributed by atoms with Gasteiger partial charge in [-0.3, -0.25) is 23.8 Å². The van der Waals surface area contributed by atoms with E-state index in [1.165, 1.54) is 36.0 Å². The van der Waals surface area contributed by atoms with Crippen LogP contribution < -0.4 is 24.4 Å². The van der Waals surface area contributed by atoms with Crippen LogP contribution in [0.3, 0.4) is 0 Å². The van der Waals surface area contributed by atoms with E-state index in [2.05, 4.69) is 36.5 Å². The molecule has 1 saturated carbocycles. The maximum absolute atomic E-state index is 14.8. The van der Waals surface area contributed by atoms with Crippen LogP contribution in [0.25, 0.3) is 0 Å². The predicted molar refractivity (Wildman–Crippen MR) is 205 cm³/mol. The van der Waals surface area contributed by atoms with E-state index in [0.717, 1.165) is 37.8 Å². The van der Waals surface area contributed by atoms with Gasteiger partial charge in [-0.2, -0.15) is 0 Å². The number of carbonyl (C=O) groups is 3. The Morgan fingerprint density at radius 1 is 1.17 bits per heavy atom. The van der Waals surface area contributed by atoms with Crippen LogP contribution in [0.4, 0.5) is 5.69 Å². The Kier molecular flexibility index (Phi) is 10.5. The van der Waals surface area contributed by atoms with Gasteiger partial charge in [-0.25, -0.2) is 4.21 Å². The minimum atomic E-state index is -3.89. The molecule has 1 fully saturated rings. The minimum Gasteiger partial charge on any atom is -0.490 e. The summed E-state index contributed by atoms with van der Waals surface area (Å²) in [6.07, 6.45) is 8.74. The Hall–Kier alpha value is -4.40. The molecule has 15 heteroatoms. The number of benzene rings is 2. The number of methoxy groups -OCH3 is 1. The third-order valence-corrected chi connectivity index (χ3v) is 13.5. The molecule has 0 saturated heterocycles. The third-order valence-electron chi connectivity index (χ3n) is 11.3. The number of allylic oxidation sites excluding steroid dienone is 1. The van der Waals surface area contributed by atoms with E-state index in [1.807, 2.05) is 12.1 Å². The first-order valence-corrected chi connectivity index (χ1v) is 20.5. The Morgan fingerprint density at radius 2 is 1.98 bits per heavy atom. The van der Waals surface area contributed by atoms with Gasteiger partial charge in [-0.05, 0) is 91.3 Å². The van der Waals surface area contributed by atoms with E-state index in [9.17, 15) is 23.7 Å². The average Bonchev–Trinajstić information content (AvgIpc) is 3.43. The maximum atomic E-state index is 14.8. The zero-order chi connectivity index (χ0) is 38.4. The second kappa shape index (κ2) is 15.0. The molecule has 288 valence electrons. The number of hydrogen-bond acceptors (Lipinski definition) is 9. The number of ether oxygens (including phenoxy) is 2. The highest BCUT2D eigenvalue weighted by Crippen LogP contribution is 2.46. The molecule has 2 aromatic carbocycles. The fraction of sp³-hybridized carbons (Fsp3) is 0.487. The smallest absolute Gasteiger partial charge is 0.286 e. The van der Waals surface area contributed by atoms with Gasteiger partial charge in [-0.15, -0.1) is 9.46 Å². The number of aliphatic hydroxyl groups is 1. The van der Waals surface area contributed by atoms with E-state index >= 15 is 0 Å². The van der Waals surface area contributed by atoms with Crippen molar-refractivity contribution in [2.45, 2.75) is 63.5 Å². The van der Waals surface area contributed by atoms with Crippen molar-refractivity contribution in [2.75, 3.05) is 37.5 Å². The van der Waals surface area contributed by atoms with Crippen molar-refractivity contribution in [3.05, 3.63) is 82.0 Å². The van der Waals surface area contributed by atoms with Crippen LogP contribution >= 0.6 is 11.6 Å². The van der Waals surface area contributed by atoms with Crippen molar-refractivity contribution in [1.82, 2.24) is 19.8 Å². The van der Waals surface area contributed by atoms with E-state index in [0.29, 0.717) is 30.5 Å². The van der Waals surface area contributed by atoms with Crippen molar-refractivity contribution >= 4 is 44.9 Å². The minimum absolute atomic E-state index is 0.0000848. The van der Waals surface area contributed by atoms with Gasteiger partial charge >= 0.3 is 0 Å². The molecule has 54 heavy (non-hydrogen) atoms. The molecule has 3 heterocycles. The lowest BCUT2D eigenvalue weighted by Gasteiger charge is -2.44. The van der Waals surface area contributed by atoms with Gasteiger partial charge in [0, 0.05) is 49.3 Å². The average molecular weight is 779 g/mol. The Labute approximate surface area is 320 Å². The molecule has 2 bridgehead atoms. The summed E-state index contributed by atoms with van der Waals surface area (Å²) in [6, 6.07) is 10.3. The van der Waals surface area contributed by atoms with Crippen LogP contribution in [0.5, 0.6) is 11.6 Å². The first kappa shape index (κ1) is 37.9. The molecule has 3 amide bonds. The van der Waals surface area contributed by atoms with Crippen molar-refractivity contribution in [3.63, 3.8) is 0 Å². The van der Waals surface area contributed by atoms with Crippen LogP contribution in [-0.4, -0.2) is 81.5 Å². The van der Waals surface area contributed by atoms with Crippen molar-refractivity contribution in [2.24, 2.45) is 29.2 Å². The standard InChI is InChI=1S/C39H47ClN6O7S/c1-23-20-54(51,44-37(50)30-19-45(3)42-38(30)52-4)43-36(49)27-10-14-34-32(17-27)46(18-28-8-7-25(28)9-13-33(48)35(23)41-24(2)47)21-39(22-53-34)15-5-6-26-16-29(40)11-12-31(26)39/h9-14,16-17,19,23,25,28,33,35,48H,5-8,15,18,20-22H2,1-4H3,(H,41,47)(H,43,44,49,50,51)/b13-9+/t23-,25+,28+,33-,35-,39+,54+/m1/s1. The molecule has 7 rings (SSSR count). The number of rotatable bonds is 4. The molecule has 4 aliphatic rings. The lowest BCUT2D eigenvalue weighted by molar-refractivity contribution is -0.120. The number of aromatic nitrogens is 2. The fourth-order valence-corrected chi connectivity index (χ4v) is 10.6. The Balaban J connectivity index is 1.33. The zero-order valence-electron chi connectivity index (χ0n) is 30.9. The summed E-state index contributed by atoms with van der Waals surface area (Å²) < 4.78 is 34.8. The molecule has 0 radical (unpaired) electrons. The van der Waals surface area contributed by atoms with Gasteiger partial charge in [0.25, 0.3) is 11.8 Å². The molecule has 2 aliphatic heterocycles. The first-order valence-electron chi connectivity index (χ1n) is 18.4. The molecule has 0 unspecified atom stereocenters. The van der Waals surface area contributed by atoms with Gasteiger partial charge in [-0.1, -0.05) is 36.7 Å². The zero-order valence-corrected chi connectivity index (χ0v) is 32.5. The monoisotopic (exact) mass is 778 g/mol. The molecule has 3 N–H and O–H groups in total.